The lowest BCUT2D eigenvalue weighted by atomic mass is 9.71. The molecule has 4 rings (SSSR count). The minimum atomic E-state index is 0.108. The molecule has 2 heterocycles. The lowest BCUT2D eigenvalue weighted by Crippen LogP contribution is -2.46. The van der Waals surface area contributed by atoms with Crippen LogP contribution in [0.1, 0.15) is 30.4 Å². The predicted octanol–water partition coefficient (Wildman–Crippen LogP) is 5.14. The number of nitrogens with zero attached hydrogens (tertiary/aromatic N) is 1. The van der Waals surface area contributed by atoms with Crippen LogP contribution in [0.15, 0.2) is 53.5 Å². The van der Waals surface area contributed by atoms with Gasteiger partial charge in [0, 0.05) is 35.9 Å². The summed E-state index contributed by atoms with van der Waals surface area (Å²) in [6.07, 6.45) is 5.10. The number of rotatable bonds is 4. The molecule has 0 aromatic heterocycles. The third-order valence-electron chi connectivity index (χ3n) is 5.58. The molecule has 3 nitrogen and oxygen atoms in total. The van der Waals surface area contributed by atoms with Gasteiger partial charge in [-0.25, -0.2) is 0 Å². The summed E-state index contributed by atoms with van der Waals surface area (Å²) in [5.41, 5.74) is 3.91. The fourth-order valence-corrected chi connectivity index (χ4v) is 4.28. The first-order valence-corrected chi connectivity index (χ1v) is 9.86. The molecule has 2 aliphatic rings. The second-order valence-corrected chi connectivity index (χ2v) is 7.68. The van der Waals surface area contributed by atoms with Crippen molar-refractivity contribution in [1.82, 2.24) is 0 Å². The number of fused-ring (bicyclic) bond motifs is 1. The molecular formula is C22H25ClN2O. The Hall–Kier alpha value is -1.84. The minimum absolute atomic E-state index is 0.108. The third-order valence-corrected chi connectivity index (χ3v) is 5.95. The summed E-state index contributed by atoms with van der Waals surface area (Å²) >= 11 is 6.26. The maximum atomic E-state index is 6.26. The zero-order chi connectivity index (χ0) is 17.8. The highest BCUT2D eigenvalue weighted by atomic mass is 35.5. The van der Waals surface area contributed by atoms with E-state index in [-0.39, 0.29) is 5.41 Å². The Kier molecular flexibility index (Phi) is 5.28. The van der Waals surface area contributed by atoms with E-state index in [0.717, 1.165) is 62.7 Å². The van der Waals surface area contributed by atoms with Crippen molar-refractivity contribution in [3.05, 3.63) is 64.7 Å². The van der Waals surface area contributed by atoms with Gasteiger partial charge in [-0.05, 0) is 55.4 Å². The number of para-hydroxylation sites is 1. The molecule has 0 radical (unpaired) electrons. The normalized spacial score (nSPS) is 20.0. The van der Waals surface area contributed by atoms with Gasteiger partial charge in [-0.3, -0.25) is 4.99 Å². The van der Waals surface area contributed by atoms with Gasteiger partial charge in [-0.2, -0.15) is 0 Å². The second kappa shape index (κ2) is 7.81. The first-order valence-electron chi connectivity index (χ1n) is 9.48. The molecule has 2 aromatic rings. The van der Waals surface area contributed by atoms with Gasteiger partial charge >= 0.3 is 0 Å². The van der Waals surface area contributed by atoms with Crippen molar-refractivity contribution in [2.75, 3.05) is 25.1 Å². The molecular weight excluding hydrogens is 344 g/mol. The number of aliphatic imine (C=N–C) groups is 1. The van der Waals surface area contributed by atoms with Gasteiger partial charge in [-0.1, -0.05) is 48.0 Å². The van der Waals surface area contributed by atoms with Gasteiger partial charge in [0.15, 0.2) is 0 Å². The van der Waals surface area contributed by atoms with Gasteiger partial charge in [-0.15, -0.1) is 0 Å². The van der Waals surface area contributed by atoms with Crippen LogP contribution in [0.5, 0.6) is 0 Å². The quantitative estimate of drug-likeness (QED) is 0.758. The second-order valence-electron chi connectivity index (χ2n) is 7.28. The summed E-state index contributed by atoms with van der Waals surface area (Å²) < 4.78 is 5.63. The van der Waals surface area contributed by atoms with Gasteiger partial charge in [0.1, 0.15) is 5.84 Å². The summed E-state index contributed by atoms with van der Waals surface area (Å²) in [7, 11) is 0. The van der Waals surface area contributed by atoms with Crippen molar-refractivity contribution in [3.8, 4) is 0 Å². The molecule has 2 aromatic carbocycles. The molecule has 136 valence electrons. The molecule has 2 aliphatic heterocycles. The maximum Gasteiger partial charge on any atom is 0.107 e. The van der Waals surface area contributed by atoms with Crippen LogP contribution in [0.25, 0.3) is 0 Å². The van der Waals surface area contributed by atoms with E-state index in [2.05, 4.69) is 35.6 Å². The Morgan fingerprint density at radius 3 is 2.65 bits per heavy atom. The van der Waals surface area contributed by atoms with E-state index in [9.17, 15) is 0 Å². The molecule has 0 aliphatic carbocycles. The smallest absolute Gasteiger partial charge is 0.107 e. The monoisotopic (exact) mass is 368 g/mol. The highest BCUT2D eigenvalue weighted by Gasteiger charge is 2.41. The van der Waals surface area contributed by atoms with Gasteiger partial charge in [0.25, 0.3) is 0 Å². The molecule has 4 heteroatoms. The maximum absolute atomic E-state index is 6.26. The average molecular weight is 369 g/mol. The van der Waals surface area contributed by atoms with Crippen LogP contribution in [0.4, 0.5) is 5.69 Å². The van der Waals surface area contributed by atoms with E-state index in [1.807, 2.05) is 18.2 Å². The molecule has 1 N–H and O–H groups in total. The van der Waals surface area contributed by atoms with Crippen LogP contribution < -0.4 is 5.32 Å². The van der Waals surface area contributed by atoms with E-state index in [1.165, 1.54) is 16.8 Å². The highest BCUT2D eigenvalue weighted by molar-refractivity contribution is 6.31. The largest absolute Gasteiger partial charge is 0.381 e. The van der Waals surface area contributed by atoms with Gasteiger partial charge in [0.2, 0.25) is 0 Å². The SMILES string of the molecule is Clc1ccccc1CCCN=C1Nc2ccccc2CC12CCOCC2. The number of halogens is 1. The van der Waals surface area contributed by atoms with Crippen LogP contribution >= 0.6 is 11.6 Å². The van der Waals surface area contributed by atoms with Crippen molar-refractivity contribution in [3.63, 3.8) is 0 Å². The van der Waals surface area contributed by atoms with E-state index < -0.39 is 0 Å². The van der Waals surface area contributed by atoms with Crippen LogP contribution in [0, 0.1) is 5.41 Å². The molecule has 1 fully saturated rings. The van der Waals surface area contributed by atoms with E-state index in [1.54, 1.807) is 0 Å². The molecule has 0 saturated carbocycles. The standard InChI is InChI=1S/C22H25ClN2O/c23-19-9-3-1-6-17(19)8-5-13-24-21-22(11-14-26-15-12-22)16-18-7-2-4-10-20(18)25-21/h1-4,6-7,9-10H,5,8,11-16H2,(H,24,25). The number of hydrogen-bond donors (Lipinski definition) is 1. The van der Waals surface area contributed by atoms with Crippen LogP contribution in [-0.2, 0) is 17.6 Å². The number of aryl methyl sites for hydroxylation is 1. The Morgan fingerprint density at radius 2 is 1.81 bits per heavy atom. The zero-order valence-electron chi connectivity index (χ0n) is 15.0. The molecule has 1 spiro atoms. The number of hydrogen-bond acceptors (Lipinski definition) is 2. The van der Waals surface area contributed by atoms with Crippen molar-refractivity contribution >= 4 is 23.1 Å². The lowest BCUT2D eigenvalue weighted by molar-refractivity contribution is 0.0449. The fourth-order valence-electron chi connectivity index (χ4n) is 4.05. The summed E-state index contributed by atoms with van der Waals surface area (Å²) in [5.74, 6) is 1.15. The Morgan fingerprint density at radius 1 is 1.04 bits per heavy atom. The Bertz CT molecular complexity index is 796. The Labute approximate surface area is 160 Å². The summed E-state index contributed by atoms with van der Waals surface area (Å²) in [6, 6.07) is 16.7. The molecule has 26 heavy (non-hydrogen) atoms. The van der Waals surface area contributed by atoms with Gasteiger partial charge in [0.05, 0.1) is 0 Å². The fraction of sp³-hybridized carbons (Fsp3) is 0.409. The van der Waals surface area contributed by atoms with Crippen molar-refractivity contribution in [1.29, 1.82) is 0 Å². The number of benzene rings is 2. The van der Waals surface area contributed by atoms with Crippen molar-refractivity contribution in [2.45, 2.75) is 32.1 Å². The number of nitrogens with one attached hydrogen (secondary N) is 1. The molecule has 0 bridgehead atoms. The number of ether oxygens (including phenoxy) is 1. The predicted molar refractivity (Wildman–Crippen MR) is 108 cm³/mol. The lowest BCUT2D eigenvalue weighted by Gasteiger charge is -2.42. The van der Waals surface area contributed by atoms with E-state index in [4.69, 9.17) is 21.3 Å². The van der Waals surface area contributed by atoms with Crippen LogP contribution in [0.2, 0.25) is 5.02 Å². The topological polar surface area (TPSA) is 33.6 Å². The van der Waals surface area contributed by atoms with Crippen molar-refractivity contribution in [2.24, 2.45) is 10.4 Å². The Balaban J connectivity index is 1.49. The zero-order valence-corrected chi connectivity index (χ0v) is 15.8. The summed E-state index contributed by atoms with van der Waals surface area (Å²) in [6.45, 7) is 2.46. The first-order chi connectivity index (χ1) is 12.8. The van der Waals surface area contributed by atoms with Crippen molar-refractivity contribution < 1.29 is 4.74 Å². The molecule has 0 amide bonds. The molecule has 0 unspecified atom stereocenters. The summed E-state index contributed by atoms with van der Waals surface area (Å²) in [4.78, 5) is 5.01. The van der Waals surface area contributed by atoms with E-state index in [0.29, 0.717) is 0 Å². The first kappa shape index (κ1) is 17.6. The van der Waals surface area contributed by atoms with Crippen LogP contribution in [0.3, 0.4) is 0 Å². The molecule has 0 atom stereocenters. The molecule has 1 saturated heterocycles. The number of anilines is 1. The minimum Gasteiger partial charge on any atom is -0.381 e. The van der Waals surface area contributed by atoms with Crippen LogP contribution in [-0.4, -0.2) is 25.6 Å². The summed E-state index contributed by atoms with van der Waals surface area (Å²) in [5, 5.41) is 4.49. The van der Waals surface area contributed by atoms with Gasteiger partial charge < -0.3 is 10.1 Å². The third kappa shape index (κ3) is 3.65. The highest BCUT2D eigenvalue weighted by Crippen LogP contribution is 2.41. The number of amidine groups is 1. The average Bonchev–Trinajstić information content (AvgIpc) is 2.67. The van der Waals surface area contributed by atoms with E-state index >= 15 is 0 Å².